The molecule has 0 atom stereocenters. The van der Waals surface area contributed by atoms with E-state index in [-0.39, 0.29) is 11.6 Å². The number of aromatic nitrogens is 3. The maximum absolute atomic E-state index is 12.3. The first kappa shape index (κ1) is 20.1. The third-order valence-electron chi connectivity index (χ3n) is 5.00. The van der Waals surface area contributed by atoms with Gasteiger partial charge in [0.2, 0.25) is 0 Å². The summed E-state index contributed by atoms with van der Waals surface area (Å²) in [5, 5.41) is 15.9. The largest absolute Gasteiger partial charge is 0.367 e. The zero-order valence-corrected chi connectivity index (χ0v) is 17.8. The van der Waals surface area contributed by atoms with E-state index < -0.39 is 11.9 Å². The molecule has 11 heteroatoms. The Kier molecular flexibility index (Phi) is 5.02. The zero-order valence-electron chi connectivity index (χ0n) is 17.0. The SMILES string of the molecule is CNC(=O)c1ccccc1Sc1cc(NC2CC2)n2ncc(/C=C3\NC(=O)NC3=O)c2n1. The summed E-state index contributed by atoms with van der Waals surface area (Å²) in [6.07, 6.45) is 5.30. The van der Waals surface area contributed by atoms with Crippen LogP contribution >= 0.6 is 11.8 Å². The predicted molar refractivity (Wildman–Crippen MR) is 118 cm³/mol. The first-order valence-electron chi connectivity index (χ1n) is 10.00. The highest BCUT2D eigenvalue weighted by Gasteiger charge is 2.25. The van der Waals surface area contributed by atoms with Crippen LogP contribution in [0.3, 0.4) is 0 Å². The number of urea groups is 1. The number of nitrogens with zero attached hydrogens (tertiary/aromatic N) is 3. The number of hydrogen-bond acceptors (Lipinski definition) is 7. The fourth-order valence-electron chi connectivity index (χ4n) is 3.28. The molecule has 162 valence electrons. The van der Waals surface area contributed by atoms with E-state index in [9.17, 15) is 14.4 Å². The fraction of sp³-hybridized carbons (Fsp3) is 0.190. The molecule has 1 saturated heterocycles. The first-order valence-corrected chi connectivity index (χ1v) is 10.8. The molecule has 4 amide bonds. The van der Waals surface area contributed by atoms with Crippen molar-refractivity contribution in [2.75, 3.05) is 12.4 Å². The number of amides is 4. The van der Waals surface area contributed by atoms with Crippen LogP contribution < -0.4 is 21.3 Å². The van der Waals surface area contributed by atoms with Gasteiger partial charge in [0, 0.05) is 29.6 Å². The summed E-state index contributed by atoms with van der Waals surface area (Å²) in [5.41, 5.74) is 1.79. The van der Waals surface area contributed by atoms with Crippen LogP contribution in [0, 0.1) is 0 Å². The van der Waals surface area contributed by atoms with Gasteiger partial charge < -0.3 is 16.0 Å². The summed E-state index contributed by atoms with van der Waals surface area (Å²) in [6.45, 7) is 0. The van der Waals surface area contributed by atoms with E-state index in [0.29, 0.717) is 27.8 Å². The van der Waals surface area contributed by atoms with Crippen molar-refractivity contribution in [2.45, 2.75) is 28.8 Å². The summed E-state index contributed by atoms with van der Waals surface area (Å²) in [7, 11) is 1.59. The molecule has 32 heavy (non-hydrogen) atoms. The molecule has 0 spiro atoms. The van der Waals surface area contributed by atoms with Crippen molar-refractivity contribution >= 4 is 47.1 Å². The van der Waals surface area contributed by atoms with Crippen LogP contribution in [0.1, 0.15) is 28.8 Å². The lowest BCUT2D eigenvalue weighted by atomic mass is 10.2. The van der Waals surface area contributed by atoms with Gasteiger partial charge in [-0.15, -0.1) is 0 Å². The van der Waals surface area contributed by atoms with Crippen LogP contribution in [0.2, 0.25) is 0 Å². The average Bonchev–Trinajstić information content (AvgIpc) is 3.42. The van der Waals surface area contributed by atoms with Crippen LogP contribution in [0.4, 0.5) is 10.6 Å². The lowest BCUT2D eigenvalue weighted by molar-refractivity contribution is -0.115. The van der Waals surface area contributed by atoms with Gasteiger partial charge in [0.25, 0.3) is 11.8 Å². The third-order valence-corrected chi connectivity index (χ3v) is 5.99. The van der Waals surface area contributed by atoms with Crippen molar-refractivity contribution in [3.63, 3.8) is 0 Å². The summed E-state index contributed by atoms with van der Waals surface area (Å²) < 4.78 is 1.67. The maximum atomic E-state index is 12.3. The molecule has 0 unspecified atom stereocenters. The smallest absolute Gasteiger partial charge is 0.326 e. The van der Waals surface area contributed by atoms with Gasteiger partial charge in [0.05, 0.1) is 11.8 Å². The number of nitrogens with one attached hydrogen (secondary N) is 4. The fourth-order valence-corrected chi connectivity index (χ4v) is 4.23. The van der Waals surface area contributed by atoms with E-state index in [0.717, 1.165) is 23.6 Å². The second kappa shape index (κ2) is 8.00. The van der Waals surface area contributed by atoms with Crippen molar-refractivity contribution in [2.24, 2.45) is 0 Å². The molecule has 1 aliphatic heterocycles. The standard InChI is InChI=1S/C21H19N7O3S/c1-22-19(29)13-4-2-3-5-15(13)32-17-9-16(24-12-6-7-12)28-18(26-17)11(10-23-28)8-14-20(30)27-21(31)25-14/h2-5,8-10,12,24H,6-7H2,1H3,(H,22,29)(H2,25,27,30,31)/b14-8-. The van der Waals surface area contributed by atoms with Crippen molar-refractivity contribution in [1.29, 1.82) is 0 Å². The Labute approximate surface area is 186 Å². The molecule has 2 aliphatic rings. The third kappa shape index (κ3) is 3.89. The van der Waals surface area contributed by atoms with E-state index >= 15 is 0 Å². The molecule has 1 aromatic carbocycles. The lowest BCUT2D eigenvalue weighted by Crippen LogP contribution is -2.22. The normalized spacial score (nSPS) is 16.8. The Hall–Kier alpha value is -3.86. The number of imide groups is 1. The molecule has 5 rings (SSSR count). The van der Waals surface area contributed by atoms with Gasteiger partial charge in [-0.2, -0.15) is 9.61 Å². The molecule has 10 nitrogen and oxygen atoms in total. The molecule has 0 bridgehead atoms. The molecule has 3 aromatic rings. The molecule has 4 N–H and O–H groups in total. The Morgan fingerprint density at radius 1 is 1.25 bits per heavy atom. The highest BCUT2D eigenvalue weighted by atomic mass is 32.2. The molecule has 3 heterocycles. The molecular formula is C21H19N7O3S. The van der Waals surface area contributed by atoms with E-state index in [1.807, 2.05) is 24.3 Å². The van der Waals surface area contributed by atoms with Gasteiger partial charge >= 0.3 is 6.03 Å². The van der Waals surface area contributed by atoms with Crippen LogP contribution in [0.5, 0.6) is 0 Å². The van der Waals surface area contributed by atoms with Crippen molar-refractivity contribution < 1.29 is 14.4 Å². The minimum absolute atomic E-state index is 0.131. The molecule has 2 aromatic heterocycles. The number of rotatable bonds is 6. The molecular weight excluding hydrogens is 430 g/mol. The second-order valence-electron chi connectivity index (χ2n) is 7.38. The summed E-state index contributed by atoms with van der Waals surface area (Å²) in [5.74, 6) is 0.0842. The van der Waals surface area contributed by atoms with E-state index in [1.54, 1.807) is 29.9 Å². The van der Waals surface area contributed by atoms with Gasteiger partial charge in [-0.3, -0.25) is 14.9 Å². The zero-order chi connectivity index (χ0) is 22.2. The number of anilines is 1. The number of fused-ring (bicyclic) bond motifs is 1. The highest BCUT2D eigenvalue weighted by Crippen LogP contribution is 2.33. The maximum Gasteiger partial charge on any atom is 0.326 e. The summed E-state index contributed by atoms with van der Waals surface area (Å²) >= 11 is 1.37. The predicted octanol–water partition coefficient (Wildman–Crippen LogP) is 1.99. The molecule has 2 fully saturated rings. The second-order valence-corrected chi connectivity index (χ2v) is 8.44. The van der Waals surface area contributed by atoms with Crippen molar-refractivity contribution in [1.82, 2.24) is 30.5 Å². The highest BCUT2D eigenvalue weighted by molar-refractivity contribution is 7.99. The molecule has 1 saturated carbocycles. The van der Waals surface area contributed by atoms with Gasteiger partial charge in [0.1, 0.15) is 16.5 Å². The summed E-state index contributed by atoms with van der Waals surface area (Å²) in [4.78, 5) is 41.2. The first-order chi connectivity index (χ1) is 15.5. The monoisotopic (exact) mass is 449 g/mol. The van der Waals surface area contributed by atoms with Gasteiger partial charge in [0.15, 0.2) is 5.65 Å². The number of benzene rings is 1. The summed E-state index contributed by atoms with van der Waals surface area (Å²) in [6, 6.07) is 9.02. The lowest BCUT2D eigenvalue weighted by Gasteiger charge is -2.11. The molecule has 0 radical (unpaired) electrons. The van der Waals surface area contributed by atoms with Crippen LogP contribution in [-0.2, 0) is 4.79 Å². The minimum Gasteiger partial charge on any atom is -0.367 e. The van der Waals surface area contributed by atoms with Crippen molar-refractivity contribution in [3.05, 3.63) is 53.4 Å². The minimum atomic E-state index is -0.566. The van der Waals surface area contributed by atoms with Crippen LogP contribution in [-0.4, -0.2) is 45.5 Å². The number of hydrogen-bond donors (Lipinski definition) is 4. The van der Waals surface area contributed by atoms with Crippen molar-refractivity contribution in [3.8, 4) is 0 Å². The van der Waals surface area contributed by atoms with E-state index in [4.69, 9.17) is 4.98 Å². The van der Waals surface area contributed by atoms with Gasteiger partial charge in [-0.1, -0.05) is 23.9 Å². The topological polar surface area (TPSA) is 130 Å². The van der Waals surface area contributed by atoms with E-state index in [1.165, 1.54) is 11.8 Å². The van der Waals surface area contributed by atoms with Gasteiger partial charge in [-0.25, -0.2) is 9.78 Å². The van der Waals surface area contributed by atoms with Gasteiger partial charge in [-0.05, 0) is 31.1 Å². The Bertz CT molecular complexity index is 1300. The Balaban J connectivity index is 1.58. The average molecular weight is 449 g/mol. The van der Waals surface area contributed by atoms with E-state index in [2.05, 4.69) is 26.4 Å². The number of carbonyl (C=O) groups excluding carboxylic acids is 3. The Morgan fingerprint density at radius 3 is 2.78 bits per heavy atom. The van der Waals surface area contributed by atoms with Crippen LogP contribution in [0.15, 0.2) is 52.1 Å². The quantitative estimate of drug-likeness (QED) is 0.257. The van der Waals surface area contributed by atoms with Crippen LogP contribution in [0.25, 0.3) is 11.7 Å². The Morgan fingerprint density at radius 2 is 2.06 bits per heavy atom. The molecule has 1 aliphatic carbocycles. The number of carbonyl (C=O) groups is 3.